The van der Waals surface area contributed by atoms with E-state index in [1.807, 2.05) is 38.1 Å². The fraction of sp³-hybridized carbons (Fsp3) is 0.278. The standard InChI is InChI=1S/C18H21NO3/c1-12-9-13(2)11-15(10-12)22-14(3)18(20)19-16-7-5-6-8-17(16)21-4/h5-11,14H,1-4H3,(H,19,20)/t14-/m0/s1. The summed E-state index contributed by atoms with van der Waals surface area (Å²) in [5.74, 6) is 1.10. The van der Waals surface area contributed by atoms with Gasteiger partial charge in [-0.3, -0.25) is 4.79 Å². The molecule has 0 bridgehead atoms. The number of aryl methyl sites for hydroxylation is 2. The predicted octanol–water partition coefficient (Wildman–Crippen LogP) is 3.72. The lowest BCUT2D eigenvalue weighted by molar-refractivity contribution is -0.122. The number of carbonyl (C=O) groups excluding carboxylic acids is 1. The van der Waals surface area contributed by atoms with Crippen LogP contribution < -0.4 is 14.8 Å². The minimum atomic E-state index is -0.605. The van der Waals surface area contributed by atoms with Crippen LogP contribution in [0.3, 0.4) is 0 Å². The van der Waals surface area contributed by atoms with Gasteiger partial charge < -0.3 is 14.8 Å². The van der Waals surface area contributed by atoms with Crippen molar-refractivity contribution in [2.75, 3.05) is 12.4 Å². The van der Waals surface area contributed by atoms with E-state index in [0.717, 1.165) is 11.1 Å². The summed E-state index contributed by atoms with van der Waals surface area (Å²) >= 11 is 0. The highest BCUT2D eigenvalue weighted by Crippen LogP contribution is 2.24. The Labute approximate surface area is 131 Å². The van der Waals surface area contributed by atoms with Gasteiger partial charge in [0.25, 0.3) is 5.91 Å². The summed E-state index contributed by atoms with van der Waals surface area (Å²) in [6.45, 7) is 5.72. The number of methoxy groups -OCH3 is 1. The second kappa shape index (κ2) is 6.98. The first-order valence-electron chi connectivity index (χ1n) is 7.18. The van der Waals surface area contributed by atoms with Crippen LogP contribution in [0.25, 0.3) is 0 Å². The minimum absolute atomic E-state index is 0.219. The summed E-state index contributed by atoms with van der Waals surface area (Å²) in [6, 6.07) is 13.2. The van der Waals surface area contributed by atoms with E-state index in [1.54, 1.807) is 26.2 Å². The van der Waals surface area contributed by atoms with Gasteiger partial charge in [0.05, 0.1) is 12.8 Å². The molecule has 0 spiro atoms. The third-order valence-electron chi connectivity index (χ3n) is 3.24. The lowest BCUT2D eigenvalue weighted by atomic mass is 10.1. The van der Waals surface area contributed by atoms with E-state index in [9.17, 15) is 4.79 Å². The maximum absolute atomic E-state index is 12.3. The normalized spacial score (nSPS) is 11.6. The number of hydrogen-bond acceptors (Lipinski definition) is 3. The molecule has 2 rings (SSSR count). The van der Waals surface area contributed by atoms with E-state index in [4.69, 9.17) is 9.47 Å². The smallest absolute Gasteiger partial charge is 0.265 e. The SMILES string of the molecule is COc1ccccc1NC(=O)[C@H](C)Oc1cc(C)cc(C)c1. The highest BCUT2D eigenvalue weighted by Gasteiger charge is 2.16. The Morgan fingerprint density at radius 2 is 1.73 bits per heavy atom. The first kappa shape index (κ1) is 15.9. The van der Waals surface area contributed by atoms with Crippen LogP contribution in [0.1, 0.15) is 18.1 Å². The summed E-state index contributed by atoms with van der Waals surface area (Å²) in [5, 5.41) is 2.82. The van der Waals surface area contributed by atoms with Crippen LogP contribution in [0.2, 0.25) is 0 Å². The van der Waals surface area contributed by atoms with Crippen LogP contribution in [0.15, 0.2) is 42.5 Å². The van der Waals surface area contributed by atoms with Crippen LogP contribution in [0.5, 0.6) is 11.5 Å². The number of rotatable bonds is 5. The molecule has 4 heteroatoms. The number of carbonyl (C=O) groups is 1. The zero-order valence-corrected chi connectivity index (χ0v) is 13.3. The van der Waals surface area contributed by atoms with Crippen molar-refractivity contribution in [3.63, 3.8) is 0 Å². The van der Waals surface area contributed by atoms with Gasteiger partial charge in [-0.1, -0.05) is 18.2 Å². The Hall–Kier alpha value is -2.49. The molecule has 116 valence electrons. The lowest BCUT2D eigenvalue weighted by Gasteiger charge is -2.16. The van der Waals surface area contributed by atoms with Crippen molar-refractivity contribution in [3.05, 3.63) is 53.6 Å². The zero-order chi connectivity index (χ0) is 16.1. The Bertz CT molecular complexity index is 647. The first-order valence-corrected chi connectivity index (χ1v) is 7.18. The van der Waals surface area contributed by atoms with E-state index in [0.29, 0.717) is 17.2 Å². The average molecular weight is 299 g/mol. The molecule has 0 fully saturated rings. The molecule has 0 unspecified atom stereocenters. The molecule has 0 aliphatic heterocycles. The number of ether oxygens (including phenoxy) is 2. The summed E-state index contributed by atoms with van der Waals surface area (Å²) in [7, 11) is 1.57. The molecule has 0 aliphatic rings. The van der Waals surface area contributed by atoms with Crippen molar-refractivity contribution >= 4 is 11.6 Å². The van der Waals surface area contributed by atoms with Gasteiger partial charge in [0, 0.05) is 0 Å². The van der Waals surface area contributed by atoms with Crippen LogP contribution in [-0.4, -0.2) is 19.1 Å². The van der Waals surface area contributed by atoms with Gasteiger partial charge in [-0.05, 0) is 56.2 Å². The fourth-order valence-corrected chi connectivity index (χ4v) is 2.24. The zero-order valence-electron chi connectivity index (χ0n) is 13.3. The molecule has 1 amide bonds. The highest BCUT2D eigenvalue weighted by molar-refractivity contribution is 5.95. The molecule has 2 aromatic rings. The van der Waals surface area contributed by atoms with Crippen LogP contribution in [0, 0.1) is 13.8 Å². The van der Waals surface area contributed by atoms with Crippen molar-refractivity contribution in [2.24, 2.45) is 0 Å². The molecule has 0 saturated carbocycles. The average Bonchev–Trinajstić information content (AvgIpc) is 2.46. The van der Waals surface area contributed by atoms with Gasteiger partial charge >= 0.3 is 0 Å². The molecule has 0 saturated heterocycles. The number of nitrogens with one attached hydrogen (secondary N) is 1. The third-order valence-corrected chi connectivity index (χ3v) is 3.24. The molecule has 0 radical (unpaired) electrons. The second-order valence-electron chi connectivity index (χ2n) is 5.27. The van der Waals surface area contributed by atoms with Crippen molar-refractivity contribution in [1.29, 1.82) is 0 Å². The van der Waals surface area contributed by atoms with E-state index in [-0.39, 0.29) is 5.91 Å². The number of benzene rings is 2. The molecule has 0 aromatic heterocycles. The highest BCUT2D eigenvalue weighted by atomic mass is 16.5. The quantitative estimate of drug-likeness (QED) is 0.915. The monoisotopic (exact) mass is 299 g/mol. The van der Waals surface area contributed by atoms with Crippen molar-refractivity contribution in [1.82, 2.24) is 0 Å². The van der Waals surface area contributed by atoms with Crippen molar-refractivity contribution in [2.45, 2.75) is 26.9 Å². The molecular formula is C18H21NO3. The second-order valence-corrected chi connectivity index (χ2v) is 5.27. The van der Waals surface area contributed by atoms with Gasteiger partial charge in [-0.15, -0.1) is 0 Å². The first-order chi connectivity index (χ1) is 10.5. The van der Waals surface area contributed by atoms with Gasteiger partial charge in [-0.2, -0.15) is 0 Å². The van der Waals surface area contributed by atoms with Crippen molar-refractivity contribution < 1.29 is 14.3 Å². The Morgan fingerprint density at radius 3 is 2.36 bits per heavy atom. The fourth-order valence-electron chi connectivity index (χ4n) is 2.24. The Balaban J connectivity index is 2.06. The summed E-state index contributed by atoms with van der Waals surface area (Å²) in [6.07, 6.45) is -0.605. The Kier molecular flexibility index (Phi) is 5.04. The predicted molar refractivity (Wildman–Crippen MR) is 87.6 cm³/mol. The molecule has 1 N–H and O–H groups in total. The van der Waals surface area contributed by atoms with Crippen molar-refractivity contribution in [3.8, 4) is 11.5 Å². The Morgan fingerprint density at radius 1 is 1.09 bits per heavy atom. The summed E-state index contributed by atoms with van der Waals surface area (Å²) in [5.41, 5.74) is 2.84. The molecule has 22 heavy (non-hydrogen) atoms. The summed E-state index contributed by atoms with van der Waals surface area (Å²) in [4.78, 5) is 12.3. The molecular weight excluding hydrogens is 278 g/mol. The molecule has 0 heterocycles. The number of para-hydroxylation sites is 2. The molecule has 4 nitrogen and oxygen atoms in total. The van der Waals surface area contributed by atoms with Gasteiger partial charge in [0.1, 0.15) is 11.5 Å². The van der Waals surface area contributed by atoms with E-state index >= 15 is 0 Å². The van der Waals surface area contributed by atoms with Gasteiger partial charge in [0.2, 0.25) is 0 Å². The number of amides is 1. The third kappa shape index (κ3) is 4.01. The van der Waals surface area contributed by atoms with E-state index < -0.39 is 6.10 Å². The molecule has 2 aromatic carbocycles. The topological polar surface area (TPSA) is 47.6 Å². The van der Waals surface area contributed by atoms with Gasteiger partial charge in [0.15, 0.2) is 6.10 Å². The maximum atomic E-state index is 12.3. The summed E-state index contributed by atoms with van der Waals surface area (Å²) < 4.78 is 11.0. The van der Waals surface area contributed by atoms with Gasteiger partial charge in [-0.25, -0.2) is 0 Å². The number of hydrogen-bond donors (Lipinski definition) is 1. The van der Waals surface area contributed by atoms with Crippen LogP contribution in [0.4, 0.5) is 5.69 Å². The van der Waals surface area contributed by atoms with Crippen LogP contribution in [-0.2, 0) is 4.79 Å². The largest absolute Gasteiger partial charge is 0.495 e. The molecule has 1 atom stereocenters. The van der Waals surface area contributed by atoms with E-state index in [2.05, 4.69) is 11.4 Å². The minimum Gasteiger partial charge on any atom is -0.495 e. The van der Waals surface area contributed by atoms with E-state index in [1.165, 1.54) is 0 Å². The maximum Gasteiger partial charge on any atom is 0.265 e. The van der Waals surface area contributed by atoms with Crippen LogP contribution >= 0.6 is 0 Å². The number of anilines is 1. The lowest BCUT2D eigenvalue weighted by Crippen LogP contribution is -2.30. The molecule has 0 aliphatic carbocycles.